The fraction of sp³-hybridized carbons (Fsp3) is 0.350. The Balaban J connectivity index is 2.07. The third-order valence-electron chi connectivity index (χ3n) is 4.11. The number of benzene rings is 2. The van der Waals surface area contributed by atoms with Gasteiger partial charge in [-0.25, -0.2) is 0 Å². The van der Waals surface area contributed by atoms with E-state index in [1.165, 1.54) is 0 Å². The highest BCUT2D eigenvalue weighted by Crippen LogP contribution is 2.26. The highest BCUT2D eigenvalue weighted by Gasteiger charge is 2.11. The van der Waals surface area contributed by atoms with Gasteiger partial charge in [0.1, 0.15) is 11.5 Å². The van der Waals surface area contributed by atoms with Crippen LogP contribution in [0.5, 0.6) is 11.5 Å². The Hall–Kier alpha value is -2.49. The molecule has 2 rings (SSSR count). The second-order valence-electron chi connectivity index (χ2n) is 5.69. The molecule has 1 N–H and O–H groups in total. The topological polar surface area (TPSA) is 47.6 Å². The van der Waals surface area contributed by atoms with Crippen LogP contribution in [-0.4, -0.2) is 20.1 Å². The lowest BCUT2D eigenvalue weighted by Gasteiger charge is -2.14. The molecule has 128 valence electrons. The molecule has 0 aliphatic rings. The number of aryl methyl sites for hydroxylation is 3. The molecule has 0 bridgehead atoms. The molecule has 2 aromatic carbocycles. The van der Waals surface area contributed by atoms with Crippen molar-refractivity contribution in [2.45, 2.75) is 33.1 Å². The number of hydrogen-bond acceptors (Lipinski definition) is 3. The maximum atomic E-state index is 12.4. The molecule has 0 saturated heterocycles. The van der Waals surface area contributed by atoms with E-state index in [4.69, 9.17) is 9.47 Å². The predicted molar refractivity (Wildman–Crippen MR) is 97.1 cm³/mol. The van der Waals surface area contributed by atoms with E-state index in [1.807, 2.05) is 43.3 Å². The molecular formula is C20H25NO3. The Morgan fingerprint density at radius 1 is 1.08 bits per heavy atom. The molecule has 0 heterocycles. The van der Waals surface area contributed by atoms with E-state index in [2.05, 4.69) is 12.2 Å². The Morgan fingerprint density at radius 3 is 2.54 bits per heavy atom. The van der Waals surface area contributed by atoms with Crippen LogP contribution in [-0.2, 0) is 17.6 Å². The minimum Gasteiger partial charge on any atom is -0.497 e. The zero-order valence-electron chi connectivity index (χ0n) is 14.8. The van der Waals surface area contributed by atoms with Crippen LogP contribution in [0.3, 0.4) is 0 Å². The predicted octanol–water partition coefficient (Wildman–Crippen LogP) is 4.15. The van der Waals surface area contributed by atoms with Gasteiger partial charge in [-0.2, -0.15) is 0 Å². The van der Waals surface area contributed by atoms with E-state index in [0.29, 0.717) is 12.8 Å². The summed E-state index contributed by atoms with van der Waals surface area (Å²) in [4.78, 5) is 12.4. The van der Waals surface area contributed by atoms with Crippen molar-refractivity contribution in [2.24, 2.45) is 0 Å². The Morgan fingerprint density at radius 2 is 1.88 bits per heavy atom. The molecule has 0 aliphatic heterocycles. The van der Waals surface area contributed by atoms with Gasteiger partial charge in [-0.05, 0) is 54.7 Å². The van der Waals surface area contributed by atoms with E-state index in [1.54, 1.807) is 14.2 Å². The molecular weight excluding hydrogens is 302 g/mol. The normalized spacial score (nSPS) is 10.3. The van der Waals surface area contributed by atoms with Gasteiger partial charge in [0, 0.05) is 12.1 Å². The Labute approximate surface area is 143 Å². The first-order valence-corrected chi connectivity index (χ1v) is 8.18. The number of anilines is 1. The average Bonchev–Trinajstić information content (AvgIpc) is 2.61. The number of nitrogens with one attached hydrogen (secondary N) is 1. The lowest BCUT2D eigenvalue weighted by molar-refractivity contribution is -0.116. The summed E-state index contributed by atoms with van der Waals surface area (Å²) in [5.74, 6) is 1.54. The molecule has 0 aliphatic carbocycles. The maximum Gasteiger partial charge on any atom is 0.224 e. The van der Waals surface area contributed by atoms with Crippen molar-refractivity contribution in [3.63, 3.8) is 0 Å². The number of carbonyl (C=O) groups is 1. The number of hydrogen-bond donors (Lipinski definition) is 1. The quantitative estimate of drug-likeness (QED) is 0.831. The van der Waals surface area contributed by atoms with E-state index in [9.17, 15) is 4.79 Å². The van der Waals surface area contributed by atoms with Gasteiger partial charge in [-0.1, -0.05) is 25.1 Å². The Kier molecular flexibility index (Phi) is 6.24. The minimum absolute atomic E-state index is 0.00359. The number of methoxy groups -OCH3 is 2. The van der Waals surface area contributed by atoms with Crippen LogP contribution in [0.25, 0.3) is 0 Å². The average molecular weight is 327 g/mol. The largest absolute Gasteiger partial charge is 0.497 e. The third-order valence-corrected chi connectivity index (χ3v) is 4.11. The van der Waals surface area contributed by atoms with Crippen LogP contribution in [0, 0.1) is 6.92 Å². The summed E-state index contributed by atoms with van der Waals surface area (Å²) in [5.41, 5.74) is 4.14. The van der Waals surface area contributed by atoms with E-state index < -0.39 is 0 Å². The summed E-state index contributed by atoms with van der Waals surface area (Å²) in [6.07, 6.45) is 1.88. The number of para-hydroxylation sites is 1. The number of amides is 1. The first-order valence-electron chi connectivity index (χ1n) is 8.18. The van der Waals surface area contributed by atoms with Crippen molar-refractivity contribution in [1.29, 1.82) is 0 Å². The molecule has 0 aromatic heterocycles. The van der Waals surface area contributed by atoms with Crippen molar-refractivity contribution in [3.05, 3.63) is 53.1 Å². The van der Waals surface area contributed by atoms with Crippen LogP contribution < -0.4 is 14.8 Å². The molecule has 4 nitrogen and oxygen atoms in total. The Bertz CT molecular complexity index is 710. The SMILES string of the molecule is CCc1cccc(C)c1NC(=O)CCc1cc(OC)ccc1OC. The second kappa shape index (κ2) is 8.39. The van der Waals surface area contributed by atoms with Gasteiger partial charge in [0.05, 0.1) is 14.2 Å². The number of rotatable bonds is 7. The van der Waals surface area contributed by atoms with Gasteiger partial charge in [-0.15, -0.1) is 0 Å². The molecule has 1 amide bonds. The van der Waals surface area contributed by atoms with Crippen LogP contribution >= 0.6 is 0 Å². The molecule has 0 atom stereocenters. The van der Waals surface area contributed by atoms with Gasteiger partial charge in [0.2, 0.25) is 5.91 Å². The first-order chi connectivity index (χ1) is 11.6. The van der Waals surface area contributed by atoms with Crippen LogP contribution in [0.4, 0.5) is 5.69 Å². The summed E-state index contributed by atoms with van der Waals surface area (Å²) in [6.45, 7) is 4.10. The monoisotopic (exact) mass is 327 g/mol. The van der Waals surface area contributed by atoms with E-state index in [0.717, 1.165) is 40.3 Å². The smallest absolute Gasteiger partial charge is 0.224 e. The fourth-order valence-corrected chi connectivity index (χ4v) is 2.73. The van der Waals surface area contributed by atoms with Crippen molar-refractivity contribution in [3.8, 4) is 11.5 Å². The molecule has 0 fully saturated rings. The van der Waals surface area contributed by atoms with Gasteiger partial charge in [-0.3, -0.25) is 4.79 Å². The summed E-state index contributed by atoms with van der Waals surface area (Å²) < 4.78 is 10.6. The van der Waals surface area contributed by atoms with Crippen LogP contribution in [0.15, 0.2) is 36.4 Å². The van der Waals surface area contributed by atoms with Gasteiger partial charge in [0.15, 0.2) is 0 Å². The van der Waals surface area contributed by atoms with Crippen molar-refractivity contribution in [1.82, 2.24) is 0 Å². The number of ether oxygens (including phenoxy) is 2. The van der Waals surface area contributed by atoms with Crippen molar-refractivity contribution < 1.29 is 14.3 Å². The molecule has 0 unspecified atom stereocenters. The highest BCUT2D eigenvalue weighted by molar-refractivity contribution is 5.92. The van der Waals surface area contributed by atoms with Crippen LogP contribution in [0.2, 0.25) is 0 Å². The number of carbonyl (C=O) groups excluding carboxylic acids is 1. The van der Waals surface area contributed by atoms with Gasteiger partial charge < -0.3 is 14.8 Å². The molecule has 4 heteroatoms. The summed E-state index contributed by atoms with van der Waals surface area (Å²) in [6, 6.07) is 11.7. The molecule has 0 radical (unpaired) electrons. The van der Waals surface area contributed by atoms with E-state index >= 15 is 0 Å². The maximum absolute atomic E-state index is 12.4. The van der Waals surface area contributed by atoms with Crippen LogP contribution in [0.1, 0.15) is 30.0 Å². The molecule has 0 spiro atoms. The second-order valence-corrected chi connectivity index (χ2v) is 5.69. The summed E-state index contributed by atoms with van der Waals surface area (Å²) in [5, 5.41) is 3.06. The summed E-state index contributed by atoms with van der Waals surface area (Å²) >= 11 is 0. The zero-order valence-corrected chi connectivity index (χ0v) is 14.8. The molecule has 2 aromatic rings. The molecule has 0 saturated carbocycles. The lowest BCUT2D eigenvalue weighted by Crippen LogP contribution is -2.15. The minimum atomic E-state index is 0.00359. The first kappa shape index (κ1) is 17.9. The van der Waals surface area contributed by atoms with Gasteiger partial charge >= 0.3 is 0 Å². The van der Waals surface area contributed by atoms with Gasteiger partial charge in [0.25, 0.3) is 0 Å². The summed E-state index contributed by atoms with van der Waals surface area (Å²) in [7, 11) is 3.26. The third kappa shape index (κ3) is 4.28. The lowest BCUT2D eigenvalue weighted by atomic mass is 10.0. The fourth-order valence-electron chi connectivity index (χ4n) is 2.73. The van der Waals surface area contributed by atoms with Crippen molar-refractivity contribution >= 4 is 11.6 Å². The highest BCUT2D eigenvalue weighted by atomic mass is 16.5. The van der Waals surface area contributed by atoms with E-state index in [-0.39, 0.29) is 5.91 Å². The van der Waals surface area contributed by atoms with Crippen molar-refractivity contribution in [2.75, 3.05) is 19.5 Å². The molecule has 24 heavy (non-hydrogen) atoms. The standard InChI is InChI=1S/C20H25NO3/c1-5-15-8-6-7-14(2)20(15)21-19(22)12-9-16-13-17(23-3)10-11-18(16)24-4/h6-8,10-11,13H,5,9,12H2,1-4H3,(H,21,22). The zero-order chi connectivity index (χ0) is 17.5.